The Morgan fingerprint density at radius 2 is 1.50 bits per heavy atom. The van der Waals surface area contributed by atoms with E-state index in [0.29, 0.717) is 0 Å². The maximum atomic E-state index is 13.0. The molecule has 1 N–H and O–H groups in total. The summed E-state index contributed by atoms with van der Waals surface area (Å²) in [6.07, 6.45) is -3.92. The van der Waals surface area contributed by atoms with E-state index in [9.17, 15) is 39.9 Å². The van der Waals surface area contributed by atoms with Crippen LogP contribution in [-0.2, 0) is 9.53 Å². The molecule has 0 aliphatic rings. The molecule has 0 spiro atoms. The summed E-state index contributed by atoms with van der Waals surface area (Å²) in [5, 5.41) is 8.54. The van der Waals surface area contributed by atoms with Gasteiger partial charge in [0.25, 0.3) is 6.29 Å². The van der Waals surface area contributed by atoms with E-state index in [1.165, 1.54) is 0 Å². The van der Waals surface area contributed by atoms with Crippen LogP contribution in [0.1, 0.15) is 6.92 Å². The normalized spacial score (nSPS) is 15.7. The smallest absolute Gasteiger partial charge is 0.384 e. The number of carbonyl (C=O) groups is 1. The Kier molecular flexibility index (Phi) is 4.82. The lowest BCUT2D eigenvalue weighted by Gasteiger charge is -2.36. The van der Waals surface area contributed by atoms with Crippen molar-refractivity contribution >= 4 is 5.97 Å². The van der Waals surface area contributed by atoms with Crippen molar-refractivity contribution in [2.75, 3.05) is 0 Å². The lowest BCUT2D eigenvalue weighted by Crippen LogP contribution is -2.65. The zero-order chi connectivity index (χ0) is 16.6. The predicted octanol–water partition coefficient (Wildman–Crippen LogP) is 2.60. The largest absolute Gasteiger partial charge is 0.426 e. The van der Waals surface area contributed by atoms with E-state index >= 15 is 0 Å². The first-order chi connectivity index (χ1) is 8.63. The maximum Gasteiger partial charge on any atom is 0.384 e. The van der Waals surface area contributed by atoms with Gasteiger partial charge in [-0.25, -0.2) is 4.79 Å². The van der Waals surface area contributed by atoms with Crippen molar-refractivity contribution in [2.45, 2.75) is 36.9 Å². The average Bonchev–Trinajstić information content (AvgIpc) is 2.26. The molecule has 0 bridgehead atoms. The number of hydrogen-bond acceptors (Lipinski definition) is 3. The molecular weight excluding hydrogens is 308 g/mol. The Hall–Kier alpha value is -1.39. The van der Waals surface area contributed by atoms with Crippen LogP contribution in [0.3, 0.4) is 0 Å². The van der Waals surface area contributed by atoms with Gasteiger partial charge in [-0.1, -0.05) is 6.58 Å². The predicted molar refractivity (Wildman–Crippen MR) is 47.8 cm³/mol. The van der Waals surface area contributed by atoms with Gasteiger partial charge in [0.15, 0.2) is 0 Å². The fourth-order valence-corrected chi connectivity index (χ4v) is 0.872. The van der Waals surface area contributed by atoms with Gasteiger partial charge in [-0.05, 0) is 0 Å². The van der Waals surface area contributed by atoms with E-state index in [1.807, 2.05) is 0 Å². The van der Waals surface area contributed by atoms with Gasteiger partial charge in [0.1, 0.15) is 0 Å². The van der Waals surface area contributed by atoms with E-state index < -0.39 is 42.9 Å². The lowest BCUT2D eigenvalue weighted by atomic mass is 9.99. The molecule has 0 rings (SSSR count). The minimum Gasteiger partial charge on any atom is -0.426 e. The summed E-state index contributed by atoms with van der Waals surface area (Å²) in [5.41, 5.74) is 0. The third-order valence-corrected chi connectivity index (χ3v) is 2.07. The molecule has 11 heteroatoms. The van der Waals surface area contributed by atoms with Gasteiger partial charge in [-0.3, -0.25) is 0 Å². The number of halogens is 8. The molecule has 1 unspecified atom stereocenters. The second kappa shape index (κ2) is 5.19. The average molecular weight is 316 g/mol. The van der Waals surface area contributed by atoms with Crippen LogP contribution in [0.15, 0.2) is 12.7 Å². The minimum atomic E-state index is -6.70. The molecule has 0 aliphatic heterocycles. The number of rotatable bonds is 6. The fraction of sp³-hybridized carbons (Fsp3) is 0.667. The molecule has 0 amide bonds. The summed E-state index contributed by atoms with van der Waals surface area (Å²) in [6.45, 7) is 1.95. The van der Waals surface area contributed by atoms with Crippen LogP contribution in [-0.4, -0.2) is 41.1 Å². The molecule has 0 aromatic rings. The summed E-state index contributed by atoms with van der Waals surface area (Å²) >= 11 is 0. The molecule has 0 fully saturated rings. The molecule has 1 atom stereocenters. The zero-order valence-electron chi connectivity index (χ0n) is 9.65. The highest BCUT2D eigenvalue weighted by atomic mass is 19.4. The van der Waals surface area contributed by atoms with Crippen molar-refractivity contribution in [1.29, 1.82) is 0 Å². The second-order valence-corrected chi connectivity index (χ2v) is 3.65. The molecule has 3 nitrogen and oxygen atoms in total. The van der Waals surface area contributed by atoms with Crippen molar-refractivity contribution in [3.8, 4) is 0 Å². The van der Waals surface area contributed by atoms with Crippen LogP contribution < -0.4 is 0 Å². The van der Waals surface area contributed by atoms with Crippen LogP contribution in [0.5, 0.6) is 0 Å². The Morgan fingerprint density at radius 1 is 1.10 bits per heavy atom. The molecule has 0 saturated carbocycles. The van der Waals surface area contributed by atoms with Gasteiger partial charge in [0, 0.05) is 13.0 Å². The number of carbonyl (C=O) groups excluding carboxylic acids is 1. The van der Waals surface area contributed by atoms with Gasteiger partial charge >= 0.3 is 29.7 Å². The van der Waals surface area contributed by atoms with Gasteiger partial charge < -0.3 is 9.84 Å². The van der Waals surface area contributed by atoms with Crippen LogP contribution in [0, 0.1) is 0 Å². The SMILES string of the molecule is C=CC(=O)OC(O)C(F)(F)C(F)(F)C(F)(F)C(C)(F)F. The van der Waals surface area contributed by atoms with Crippen molar-refractivity contribution in [3.63, 3.8) is 0 Å². The first-order valence-corrected chi connectivity index (χ1v) is 4.65. The number of aliphatic hydroxyl groups is 1. The summed E-state index contributed by atoms with van der Waals surface area (Å²) in [4.78, 5) is 10.4. The maximum absolute atomic E-state index is 13.0. The summed E-state index contributed by atoms with van der Waals surface area (Å²) in [7, 11) is 0. The first kappa shape index (κ1) is 18.6. The lowest BCUT2D eigenvalue weighted by molar-refractivity contribution is -0.394. The Bertz CT molecular complexity index is 387. The molecular formula is C9H8F8O3. The monoisotopic (exact) mass is 316 g/mol. The van der Waals surface area contributed by atoms with Gasteiger partial charge in [0.2, 0.25) is 0 Å². The van der Waals surface area contributed by atoms with Crippen molar-refractivity contribution in [2.24, 2.45) is 0 Å². The summed E-state index contributed by atoms with van der Waals surface area (Å²) < 4.78 is 105. The van der Waals surface area contributed by atoms with E-state index in [-0.39, 0.29) is 6.08 Å². The molecule has 118 valence electrons. The van der Waals surface area contributed by atoms with E-state index in [4.69, 9.17) is 5.11 Å². The Balaban J connectivity index is 5.56. The van der Waals surface area contributed by atoms with Gasteiger partial charge in [-0.2, -0.15) is 35.1 Å². The molecule has 0 radical (unpaired) electrons. The Labute approximate surface area is 106 Å². The van der Waals surface area contributed by atoms with Gasteiger partial charge in [0.05, 0.1) is 0 Å². The standard InChI is InChI=1S/C9H8F8O3/c1-3-4(18)20-5(19)7(12,13)9(16,17)8(14,15)6(2,10)11/h3,5,19H,1H2,2H3. The molecule has 0 heterocycles. The number of ether oxygens (including phenoxy) is 1. The van der Waals surface area contributed by atoms with Crippen molar-refractivity contribution < 1.29 is 49.8 Å². The van der Waals surface area contributed by atoms with E-state index in [2.05, 4.69) is 11.3 Å². The highest BCUT2D eigenvalue weighted by Gasteiger charge is 2.81. The van der Waals surface area contributed by atoms with E-state index in [0.717, 1.165) is 0 Å². The summed E-state index contributed by atoms with van der Waals surface area (Å²) in [5.74, 6) is -26.7. The van der Waals surface area contributed by atoms with Crippen LogP contribution >= 0.6 is 0 Å². The highest BCUT2D eigenvalue weighted by Crippen LogP contribution is 2.53. The molecule has 0 aliphatic carbocycles. The van der Waals surface area contributed by atoms with Crippen LogP contribution in [0.25, 0.3) is 0 Å². The zero-order valence-corrected chi connectivity index (χ0v) is 9.65. The molecule has 0 aromatic carbocycles. The molecule has 0 aromatic heterocycles. The fourth-order valence-electron chi connectivity index (χ4n) is 0.872. The first-order valence-electron chi connectivity index (χ1n) is 4.65. The minimum absolute atomic E-state index is 0.157. The summed E-state index contributed by atoms with van der Waals surface area (Å²) in [6, 6.07) is 0. The third kappa shape index (κ3) is 2.86. The molecule has 0 saturated heterocycles. The topological polar surface area (TPSA) is 46.5 Å². The van der Waals surface area contributed by atoms with Crippen molar-refractivity contribution in [1.82, 2.24) is 0 Å². The third-order valence-electron chi connectivity index (χ3n) is 2.07. The van der Waals surface area contributed by atoms with Crippen LogP contribution in [0.2, 0.25) is 0 Å². The number of alkyl halides is 8. The van der Waals surface area contributed by atoms with Gasteiger partial charge in [-0.15, -0.1) is 0 Å². The quantitative estimate of drug-likeness (QED) is 0.355. The highest BCUT2D eigenvalue weighted by molar-refractivity contribution is 5.81. The van der Waals surface area contributed by atoms with Crippen molar-refractivity contribution in [3.05, 3.63) is 12.7 Å². The molecule has 20 heavy (non-hydrogen) atoms. The number of aliphatic hydroxyl groups excluding tert-OH is 1. The second-order valence-electron chi connectivity index (χ2n) is 3.65. The number of esters is 1. The van der Waals surface area contributed by atoms with Crippen LogP contribution in [0.4, 0.5) is 35.1 Å². The van der Waals surface area contributed by atoms with E-state index in [1.54, 1.807) is 0 Å². The Morgan fingerprint density at radius 3 is 1.80 bits per heavy atom. The number of hydrogen-bond donors (Lipinski definition) is 1.